The molecule has 0 saturated carbocycles. The molecule has 1 aromatic heterocycles. The number of pyridine rings is 1. The molecule has 3 saturated heterocycles. The van der Waals surface area contributed by atoms with Crippen LogP contribution in [-0.2, 0) is 27.5 Å². The summed E-state index contributed by atoms with van der Waals surface area (Å²) in [6, 6.07) is 3.41. The normalized spacial score (nSPS) is 22.5. The standard InChI is InChI=1S/C40H49ClF3N5O4/c1-24-25(2)39(52)47(3)23-32(24)28-18-31(53-4)19-29(34(41)20-28)22-48-14-5-6-26(11-15-48)27-12-16-49(17-13-27)36-9-7-30(21-33(36)40(42,43)44)45-35-8-10-37(50)46-38(35)51/h7,9,18,20-21,23,26-27,35,45H,5-6,8,10-17,19,22H2,1-4H3,(H,46,50,51). The predicted octanol–water partition coefficient (Wildman–Crippen LogP) is 7.07. The average molecular weight is 756 g/mol. The van der Waals surface area contributed by atoms with Crippen LogP contribution in [0.5, 0.6) is 0 Å². The van der Waals surface area contributed by atoms with Crippen LogP contribution in [0.1, 0.15) is 73.6 Å². The van der Waals surface area contributed by atoms with Crippen molar-refractivity contribution in [3.63, 3.8) is 0 Å². The van der Waals surface area contributed by atoms with Crippen LogP contribution >= 0.6 is 11.6 Å². The minimum absolute atomic E-state index is 0.0211. The number of rotatable bonds is 8. The van der Waals surface area contributed by atoms with Gasteiger partial charge in [0.05, 0.1) is 12.7 Å². The summed E-state index contributed by atoms with van der Waals surface area (Å²) in [5.74, 6) is 0.844. The number of alkyl halides is 3. The number of carbonyl (C=O) groups excluding carboxylic acids is 2. The Hall–Kier alpha value is -4.03. The second-order valence-electron chi connectivity index (χ2n) is 14.9. The Morgan fingerprint density at radius 1 is 0.962 bits per heavy atom. The first-order valence-electron chi connectivity index (χ1n) is 18.5. The van der Waals surface area contributed by atoms with Gasteiger partial charge in [-0.3, -0.25) is 24.6 Å². The second kappa shape index (κ2) is 16.1. The first kappa shape index (κ1) is 38.7. The van der Waals surface area contributed by atoms with Gasteiger partial charge in [0.25, 0.3) is 5.56 Å². The van der Waals surface area contributed by atoms with Crippen LogP contribution in [0, 0.1) is 25.7 Å². The lowest BCUT2D eigenvalue weighted by Gasteiger charge is -2.38. The van der Waals surface area contributed by atoms with E-state index in [9.17, 15) is 27.6 Å². The zero-order valence-corrected chi connectivity index (χ0v) is 31.6. The third-order valence-corrected chi connectivity index (χ3v) is 11.9. The van der Waals surface area contributed by atoms with E-state index in [1.165, 1.54) is 6.07 Å². The molecule has 286 valence electrons. The number of likely N-dealkylation sites (tertiary alicyclic amines) is 1. The molecule has 1 aliphatic carbocycles. The molecule has 0 radical (unpaired) electrons. The number of amides is 2. The molecule has 3 aliphatic heterocycles. The molecule has 0 bridgehead atoms. The molecule has 2 unspecified atom stereocenters. The van der Waals surface area contributed by atoms with Gasteiger partial charge >= 0.3 is 6.18 Å². The van der Waals surface area contributed by atoms with Gasteiger partial charge in [0.15, 0.2) is 0 Å². The van der Waals surface area contributed by atoms with Gasteiger partial charge in [-0.25, -0.2) is 0 Å². The van der Waals surface area contributed by atoms with E-state index in [-0.39, 0.29) is 35.7 Å². The predicted molar refractivity (Wildman–Crippen MR) is 202 cm³/mol. The van der Waals surface area contributed by atoms with Gasteiger partial charge in [-0.2, -0.15) is 13.2 Å². The molecular formula is C40H49ClF3N5O4. The molecule has 9 nitrogen and oxygen atoms in total. The summed E-state index contributed by atoms with van der Waals surface area (Å²) in [7, 11) is 3.42. The monoisotopic (exact) mass is 755 g/mol. The number of methoxy groups -OCH3 is 1. The summed E-state index contributed by atoms with van der Waals surface area (Å²) in [4.78, 5) is 40.5. The Kier molecular flexibility index (Phi) is 11.8. The van der Waals surface area contributed by atoms with Gasteiger partial charge in [0.2, 0.25) is 11.8 Å². The van der Waals surface area contributed by atoms with Crippen LogP contribution < -0.4 is 21.1 Å². The Morgan fingerprint density at radius 3 is 2.38 bits per heavy atom. The number of anilines is 2. The van der Waals surface area contributed by atoms with E-state index >= 15 is 0 Å². The summed E-state index contributed by atoms with van der Waals surface area (Å²) < 4.78 is 50.4. The van der Waals surface area contributed by atoms with Crippen molar-refractivity contribution in [3.8, 4) is 0 Å². The molecule has 4 heterocycles. The maximum absolute atomic E-state index is 14.3. The fourth-order valence-electron chi connectivity index (χ4n) is 8.34. The van der Waals surface area contributed by atoms with Crippen LogP contribution in [-0.4, -0.2) is 67.2 Å². The summed E-state index contributed by atoms with van der Waals surface area (Å²) in [5.41, 5.74) is 4.17. The van der Waals surface area contributed by atoms with Crippen LogP contribution in [0.4, 0.5) is 24.5 Å². The number of aromatic nitrogens is 1. The minimum atomic E-state index is -4.56. The average Bonchev–Trinajstić information content (AvgIpc) is 3.46. The van der Waals surface area contributed by atoms with Crippen molar-refractivity contribution in [2.75, 3.05) is 50.1 Å². The number of hydrogen-bond donors (Lipinski definition) is 2. The van der Waals surface area contributed by atoms with Crippen molar-refractivity contribution in [1.82, 2.24) is 14.8 Å². The van der Waals surface area contributed by atoms with E-state index in [0.29, 0.717) is 48.5 Å². The highest BCUT2D eigenvalue weighted by Crippen LogP contribution is 2.41. The van der Waals surface area contributed by atoms with Crippen LogP contribution in [0.3, 0.4) is 0 Å². The molecule has 2 amide bonds. The number of ether oxygens (including phenoxy) is 1. The molecule has 6 rings (SSSR count). The first-order valence-corrected chi connectivity index (χ1v) is 18.9. The number of carbonyl (C=O) groups is 2. The molecule has 0 spiro atoms. The van der Waals surface area contributed by atoms with E-state index in [2.05, 4.69) is 15.5 Å². The maximum atomic E-state index is 14.3. The van der Waals surface area contributed by atoms with Gasteiger partial charge in [-0.15, -0.1) is 0 Å². The quantitative estimate of drug-likeness (QED) is 0.279. The number of aryl methyl sites for hydroxylation is 1. The number of hydrogen-bond acceptors (Lipinski definition) is 7. The zero-order valence-electron chi connectivity index (χ0n) is 30.9. The minimum Gasteiger partial charge on any atom is -0.501 e. The lowest BCUT2D eigenvalue weighted by atomic mass is 9.80. The largest absolute Gasteiger partial charge is 0.501 e. The Bertz CT molecular complexity index is 1890. The highest BCUT2D eigenvalue weighted by Gasteiger charge is 2.37. The van der Waals surface area contributed by atoms with E-state index in [4.69, 9.17) is 16.3 Å². The molecule has 2 aromatic rings. The lowest BCUT2D eigenvalue weighted by molar-refractivity contribution is -0.137. The molecule has 53 heavy (non-hydrogen) atoms. The van der Waals surface area contributed by atoms with Crippen molar-refractivity contribution in [2.24, 2.45) is 18.9 Å². The molecule has 3 fully saturated rings. The van der Waals surface area contributed by atoms with Gasteiger partial charge in [-0.05, 0) is 124 Å². The first-order chi connectivity index (χ1) is 25.2. The number of benzene rings is 1. The number of allylic oxidation sites excluding steroid dienone is 5. The summed E-state index contributed by atoms with van der Waals surface area (Å²) in [6.45, 7) is 7.47. The molecular weight excluding hydrogens is 707 g/mol. The van der Waals surface area contributed by atoms with Crippen LogP contribution in [0.15, 0.2) is 57.7 Å². The molecule has 2 atom stereocenters. The summed E-state index contributed by atoms with van der Waals surface area (Å²) in [5, 5.41) is 5.80. The molecule has 13 heteroatoms. The Labute approximate surface area is 313 Å². The smallest absolute Gasteiger partial charge is 0.418 e. The third kappa shape index (κ3) is 8.86. The fourth-order valence-corrected chi connectivity index (χ4v) is 8.58. The van der Waals surface area contributed by atoms with Gasteiger partial charge < -0.3 is 19.5 Å². The second-order valence-corrected chi connectivity index (χ2v) is 15.3. The van der Waals surface area contributed by atoms with E-state index in [1.54, 1.807) is 24.8 Å². The molecule has 1 aromatic carbocycles. The van der Waals surface area contributed by atoms with Crippen LogP contribution in [0.25, 0.3) is 5.57 Å². The molecule has 4 aliphatic rings. The summed E-state index contributed by atoms with van der Waals surface area (Å²) >= 11 is 7.01. The van der Waals surface area contributed by atoms with Crippen molar-refractivity contribution < 1.29 is 27.5 Å². The van der Waals surface area contributed by atoms with Crippen molar-refractivity contribution >= 4 is 40.4 Å². The Morgan fingerprint density at radius 2 is 1.68 bits per heavy atom. The maximum Gasteiger partial charge on any atom is 0.418 e. The fraction of sp³-hybridized carbons (Fsp3) is 0.525. The number of nitrogens with one attached hydrogen (secondary N) is 2. The highest BCUT2D eigenvalue weighted by atomic mass is 35.5. The van der Waals surface area contributed by atoms with Gasteiger partial charge in [0.1, 0.15) is 11.8 Å². The van der Waals surface area contributed by atoms with E-state index in [1.807, 2.05) is 37.1 Å². The van der Waals surface area contributed by atoms with E-state index < -0.39 is 23.7 Å². The SMILES string of the molecule is COC1=CC(c2cn(C)c(=O)c(C)c2C)=CC(Cl)=C(CN2CCCC(C3CCN(c4ccc(NC5CCC(=O)NC5=O)cc4C(F)(F)F)CC3)CC2)C1. The number of piperidine rings is 2. The highest BCUT2D eigenvalue weighted by molar-refractivity contribution is 6.32. The number of halogens is 4. The third-order valence-electron chi connectivity index (χ3n) is 11.5. The molecule has 2 N–H and O–H groups in total. The number of nitrogens with zero attached hydrogens (tertiary/aromatic N) is 3. The van der Waals surface area contributed by atoms with Crippen molar-refractivity contribution in [2.45, 2.75) is 77.4 Å². The topological polar surface area (TPSA) is 95.9 Å². The van der Waals surface area contributed by atoms with Crippen LogP contribution in [0.2, 0.25) is 0 Å². The zero-order chi connectivity index (χ0) is 38.0. The summed E-state index contributed by atoms with van der Waals surface area (Å²) in [6.07, 6.45) is 7.04. The van der Waals surface area contributed by atoms with Crippen molar-refractivity contribution in [1.29, 1.82) is 0 Å². The number of imide groups is 1. The Balaban J connectivity index is 1.08. The van der Waals surface area contributed by atoms with Gasteiger partial charge in [0, 0.05) is 73.3 Å². The van der Waals surface area contributed by atoms with Gasteiger partial charge in [-0.1, -0.05) is 11.6 Å². The van der Waals surface area contributed by atoms with Crippen molar-refractivity contribution in [3.05, 3.63) is 85.5 Å². The lowest BCUT2D eigenvalue weighted by Crippen LogP contribution is -2.47. The van der Waals surface area contributed by atoms with E-state index in [0.717, 1.165) is 79.3 Å².